The SMILES string of the molecule is [CH2-]N(C)COCCC.[Y]. The van der Waals surface area contributed by atoms with Crippen LogP contribution in [0, 0.1) is 7.05 Å². The van der Waals surface area contributed by atoms with E-state index in [1.165, 1.54) is 0 Å². The molecule has 0 saturated heterocycles. The first-order chi connectivity index (χ1) is 3.77. The summed E-state index contributed by atoms with van der Waals surface area (Å²) in [6.07, 6.45) is 1.08. The van der Waals surface area contributed by atoms with Crippen molar-refractivity contribution >= 4 is 0 Å². The summed E-state index contributed by atoms with van der Waals surface area (Å²) in [5.74, 6) is 0. The van der Waals surface area contributed by atoms with E-state index in [4.69, 9.17) is 4.74 Å². The monoisotopic (exact) mass is 205 g/mol. The fourth-order valence-electron chi connectivity index (χ4n) is 0.365. The first-order valence-corrected chi connectivity index (χ1v) is 2.86. The van der Waals surface area contributed by atoms with Crippen molar-refractivity contribution in [3.05, 3.63) is 7.05 Å². The second-order valence-electron chi connectivity index (χ2n) is 1.89. The molecule has 9 heavy (non-hydrogen) atoms. The Kier molecular flexibility index (Phi) is 12.7. The maximum atomic E-state index is 5.11. The normalized spacial score (nSPS) is 9.33. The number of hydrogen-bond donors (Lipinski definition) is 0. The Morgan fingerprint density at radius 2 is 2.11 bits per heavy atom. The van der Waals surface area contributed by atoms with E-state index in [0.717, 1.165) is 13.0 Å². The molecule has 0 aliphatic carbocycles. The van der Waals surface area contributed by atoms with Crippen molar-refractivity contribution in [3.63, 3.8) is 0 Å². The molecule has 1 radical (unpaired) electrons. The Hall–Kier alpha value is 1.02. The molecule has 0 aromatic rings. The molecule has 0 aliphatic rings. The summed E-state index contributed by atoms with van der Waals surface area (Å²) < 4.78 is 5.11. The summed E-state index contributed by atoms with van der Waals surface area (Å²) in [5.41, 5.74) is 0. The molecule has 0 aromatic heterocycles. The van der Waals surface area contributed by atoms with E-state index in [2.05, 4.69) is 14.0 Å². The third kappa shape index (κ3) is 12.3. The zero-order valence-electron chi connectivity index (χ0n) is 6.26. The molecular formula is C6H14NOY-. The van der Waals surface area contributed by atoms with Gasteiger partial charge < -0.3 is 9.64 Å². The summed E-state index contributed by atoms with van der Waals surface area (Å²) in [5, 5.41) is 0. The van der Waals surface area contributed by atoms with Gasteiger partial charge in [0.1, 0.15) is 0 Å². The molecule has 0 aliphatic heterocycles. The van der Waals surface area contributed by atoms with Gasteiger partial charge in [-0.3, -0.25) is 7.05 Å². The van der Waals surface area contributed by atoms with E-state index in [0.29, 0.717) is 6.73 Å². The van der Waals surface area contributed by atoms with Gasteiger partial charge in [-0.15, -0.1) is 0 Å². The van der Waals surface area contributed by atoms with E-state index in [1.54, 1.807) is 4.90 Å². The van der Waals surface area contributed by atoms with E-state index in [9.17, 15) is 0 Å². The Morgan fingerprint density at radius 3 is 2.44 bits per heavy atom. The predicted molar refractivity (Wildman–Crippen MR) is 34.2 cm³/mol. The van der Waals surface area contributed by atoms with Crippen LogP contribution < -0.4 is 0 Å². The summed E-state index contributed by atoms with van der Waals surface area (Å²) >= 11 is 0. The van der Waals surface area contributed by atoms with Gasteiger partial charge in [0.05, 0.1) is 6.73 Å². The van der Waals surface area contributed by atoms with Gasteiger partial charge >= 0.3 is 0 Å². The molecule has 0 saturated carbocycles. The Labute approximate surface area is 82.8 Å². The van der Waals surface area contributed by atoms with Gasteiger partial charge in [0.2, 0.25) is 0 Å². The summed E-state index contributed by atoms with van der Waals surface area (Å²) in [4.78, 5) is 1.76. The van der Waals surface area contributed by atoms with Gasteiger partial charge in [0.25, 0.3) is 0 Å². The largest absolute Gasteiger partial charge is 0.440 e. The summed E-state index contributed by atoms with van der Waals surface area (Å²) in [6, 6.07) is 0. The Bertz CT molecular complexity index is 50.3. The van der Waals surface area contributed by atoms with Crippen LogP contribution in [0.4, 0.5) is 0 Å². The predicted octanol–water partition coefficient (Wildman–Crippen LogP) is 1.09. The minimum absolute atomic E-state index is 0. The molecule has 53 valence electrons. The molecule has 0 N–H and O–H groups in total. The molecule has 0 aromatic carbocycles. The molecule has 0 atom stereocenters. The zero-order valence-corrected chi connectivity index (χ0v) is 9.10. The van der Waals surface area contributed by atoms with E-state index >= 15 is 0 Å². The molecule has 0 bridgehead atoms. The standard InChI is InChI=1S/C6H14NO.Y/c1-4-5-8-6-7(2)3;/h2,4-6H2,1,3H3;/q-1;. The zero-order chi connectivity index (χ0) is 6.41. The van der Waals surface area contributed by atoms with E-state index in [1.807, 2.05) is 7.05 Å². The van der Waals surface area contributed by atoms with Gasteiger partial charge in [-0.2, -0.15) is 0 Å². The van der Waals surface area contributed by atoms with Gasteiger partial charge in [-0.25, -0.2) is 0 Å². The number of rotatable bonds is 4. The van der Waals surface area contributed by atoms with Crippen LogP contribution in [-0.4, -0.2) is 25.3 Å². The van der Waals surface area contributed by atoms with Gasteiger partial charge in [-0.1, -0.05) is 6.92 Å². The molecular weight excluding hydrogens is 191 g/mol. The van der Waals surface area contributed by atoms with Gasteiger partial charge in [0.15, 0.2) is 0 Å². The van der Waals surface area contributed by atoms with Gasteiger partial charge in [0, 0.05) is 39.3 Å². The minimum atomic E-state index is 0. The van der Waals surface area contributed by atoms with Crippen molar-refractivity contribution in [1.82, 2.24) is 4.90 Å². The van der Waals surface area contributed by atoms with Gasteiger partial charge in [-0.05, 0) is 13.5 Å². The number of hydrogen-bond acceptors (Lipinski definition) is 2. The average Bonchev–Trinajstić information content (AvgIpc) is 1.66. The summed E-state index contributed by atoms with van der Waals surface area (Å²) in [7, 11) is 5.50. The first-order valence-electron chi connectivity index (χ1n) is 2.86. The maximum absolute atomic E-state index is 5.11. The number of ether oxygens (including phenoxy) is 1. The summed E-state index contributed by atoms with van der Waals surface area (Å²) in [6.45, 7) is 3.55. The third-order valence-electron chi connectivity index (χ3n) is 0.660. The fourth-order valence-corrected chi connectivity index (χ4v) is 0.365. The molecule has 3 heteroatoms. The van der Waals surface area contributed by atoms with Crippen molar-refractivity contribution in [2.75, 3.05) is 20.4 Å². The van der Waals surface area contributed by atoms with Crippen molar-refractivity contribution < 1.29 is 37.4 Å². The van der Waals surface area contributed by atoms with Crippen molar-refractivity contribution in [2.24, 2.45) is 0 Å². The molecule has 0 heterocycles. The molecule has 2 nitrogen and oxygen atoms in total. The van der Waals surface area contributed by atoms with Crippen molar-refractivity contribution in [3.8, 4) is 0 Å². The van der Waals surface area contributed by atoms with Crippen LogP contribution in [-0.2, 0) is 37.4 Å². The van der Waals surface area contributed by atoms with E-state index in [-0.39, 0.29) is 32.7 Å². The molecule has 0 amide bonds. The Morgan fingerprint density at radius 1 is 1.56 bits per heavy atom. The maximum Gasteiger partial charge on any atom is 0.0717 e. The second-order valence-corrected chi connectivity index (χ2v) is 1.89. The smallest absolute Gasteiger partial charge is 0.0717 e. The van der Waals surface area contributed by atoms with Crippen LogP contribution >= 0.6 is 0 Å². The van der Waals surface area contributed by atoms with Crippen LogP contribution in [0.1, 0.15) is 13.3 Å². The third-order valence-corrected chi connectivity index (χ3v) is 0.660. The topological polar surface area (TPSA) is 12.5 Å². The van der Waals surface area contributed by atoms with Crippen molar-refractivity contribution in [2.45, 2.75) is 13.3 Å². The van der Waals surface area contributed by atoms with Crippen LogP contribution in [0.3, 0.4) is 0 Å². The molecule has 0 spiro atoms. The van der Waals surface area contributed by atoms with Crippen LogP contribution in [0.5, 0.6) is 0 Å². The van der Waals surface area contributed by atoms with Crippen LogP contribution in [0.2, 0.25) is 0 Å². The Balaban J connectivity index is 0. The minimum Gasteiger partial charge on any atom is -0.440 e. The number of nitrogens with zero attached hydrogens (tertiary/aromatic N) is 1. The van der Waals surface area contributed by atoms with Crippen LogP contribution in [0.15, 0.2) is 0 Å². The quantitative estimate of drug-likeness (QED) is 0.387. The van der Waals surface area contributed by atoms with Crippen LogP contribution in [0.25, 0.3) is 0 Å². The first kappa shape index (κ1) is 12.7. The molecule has 0 rings (SSSR count). The average molecular weight is 205 g/mol. The van der Waals surface area contributed by atoms with E-state index < -0.39 is 0 Å². The fraction of sp³-hybridized carbons (Fsp3) is 0.833. The molecule has 0 unspecified atom stereocenters. The second kappa shape index (κ2) is 9.02. The molecule has 0 fully saturated rings. The van der Waals surface area contributed by atoms with Crippen molar-refractivity contribution in [1.29, 1.82) is 0 Å².